The third-order valence-electron chi connectivity index (χ3n) is 5.92. The summed E-state index contributed by atoms with van der Waals surface area (Å²) in [6.07, 6.45) is 9.49. The molecule has 1 aromatic heterocycles. The maximum atomic E-state index is 13.2. The Balaban J connectivity index is 2.35. The number of hydrogen-bond donors (Lipinski definition) is 1. The lowest BCUT2D eigenvalue weighted by Gasteiger charge is -2.34. The van der Waals surface area contributed by atoms with Gasteiger partial charge in [-0.1, -0.05) is 80.5 Å². The van der Waals surface area contributed by atoms with Crippen LogP contribution in [0.3, 0.4) is 0 Å². The summed E-state index contributed by atoms with van der Waals surface area (Å²) in [7, 11) is 0. The molecule has 1 aliphatic rings. The van der Waals surface area contributed by atoms with Gasteiger partial charge < -0.3 is 5.32 Å². The fourth-order valence-corrected chi connectivity index (χ4v) is 3.88. The van der Waals surface area contributed by atoms with Gasteiger partial charge in [0, 0.05) is 16.9 Å². The molecule has 3 nitrogen and oxygen atoms in total. The van der Waals surface area contributed by atoms with Gasteiger partial charge in [0.1, 0.15) is 5.82 Å². The zero-order chi connectivity index (χ0) is 22.2. The lowest BCUT2D eigenvalue weighted by Crippen LogP contribution is -2.36. The quantitative estimate of drug-likeness (QED) is 0.502. The molecule has 2 atom stereocenters. The molecule has 29 heavy (non-hydrogen) atoms. The number of halogens is 1. The number of carbonyl (C=O) groups excluding carboxylic acids is 1. The molecule has 0 saturated heterocycles. The molecule has 0 saturated carbocycles. The second-order valence-corrected chi connectivity index (χ2v) is 12.0. The van der Waals surface area contributed by atoms with Gasteiger partial charge in [-0.3, -0.25) is 4.79 Å². The summed E-state index contributed by atoms with van der Waals surface area (Å²) < 4.78 is 0.805. The zero-order valence-electron chi connectivity index (χ0n) is 19.5. The van der Waals surface area contributed by atoms with Crippen LogP contribution >= 0.6 is 15.9 Å². The van der Waals surface area contributed by atoms with Crippen molar-refractivity contribution < 1.29 is 4.79 Å². The van der Waals surface area contributed by atoms with Crippen molar-refractivity contribution in [1.82, 2.24) is 4.98 Å². The van der Waals surface area contributed by atoms with Crippen LogP contribution < -0.4 is 5.32 Å². The van der Waals surface area contributed by atoms with Gasteiger partial charge in [0.15, 0.2) is 0 Å². The van der Waals surface area contributed by atoms with Crippen LogP contribution in [-0.4, -0.2) is 10.9 Å². The lowest BCUT2D eigenvalue weighted by molar-refractivity contribution is -0.124. The van der Waals surface area contributed by atoms with Gasteiger partial charge in [0.25, 0.3) is 0 Å². The lowest BCUT2D eigenvalue weighted by atomic mass is 9.71. The van der Waals surface area contributed by atoms with Crippen molar-refractivity contribution in [2.45, 2.75) is 68.7 Å². The van der Waals surface area contributed by atoms with E-state index in [0.29, 0.717) is 11.7 Å². The number of nitrogens with one attached hydrogen (secondary N) is 1. The largest absolute Gasteiger partial charge is 0.309 e. The Morgan fingerprint density at radius 1 is 1.14 bits per heavy atom. The second-order valence-electron chi connectivity index (χ2n) is 11.2. The molecule has 2 rings (SSSR count). The van der Waals surface area contributed by atoms with Crippen LogP contribution in [0.25, 0.3) is 12.2 Å². The normalized spacial score (nSPS) is 20.4. The van der Waals surface area contributed by atoms with Crippen LogP contribution in [0, 0.1) is 28.1 Å². The minimum atomic E-state index is -0.128. The van der Waals surface area contributed by atoms with E-state index in [9.17, 15) is 4.79 Å². The van der Waals surface area contributed by atoms with Gasteiger partial charge in [-0.15, -0.1) is 0 Å². The number of rotatable bonds is 4. The maximum absolute atomic E-state index is 13.2. The van der Waals surface area contributed by atoms with Gasteiger partial charge in [0.2, 0.25) is 5.91 Å². The summed E-state index contributed by atoms with van der Waals surface area (Å²) in [6.45, 7) is 19.6. The molecule has 0 radical (unpaired) electrons. The molecule has 1 aromatic rings. The maximum Gasteiger partial charge on any atom is 0.229 e. The molecule has 1 N–H and O–H groups in total. The molecule has 0 spiro atoms. The minimum absolute atomic E-state index is 0.0133. The van der Waals surface area contributed by atoms with Gasteiger partial charge in [0.05, 0.1) is 10.2 Å². The number of pyridine rings is 1. The van der Waals surface area contributed by atoms with Gasteiger partial charge >= 0.3 is 0 Å². The van der Waals surface area contributed by atoms with Crippen molar-refractivity contribution in [3.63, 3.8) is 0 Å². The number of anilines is 1. The average molecular weight is 461 g/mol. The van der Waals surface area contributed by atoms with Crippen molar-refractivity contribution in [3.05, 3.63) is 33.9 Å². The number of amides is 1. The minimum Gasteiger partial charge on any atom is -0.309 e. The molecule has 1 heterocycles. The number of aromatic nitrogens is 1. The summed E-state index contributed by atoms with van der Waals surface area (Å²) in [6, 6.07) is 2.04. The van der Waals surface area contributed by atoms with Crippen LogP contribution in [0.1, 0.15) is 80.0 Å². The highest BCUT2D eigenvalue weighted by atomic mass is 79.9. The van der Waals surface area contributed by atoms with Crippen molar-refractivity contribution in [2.75, 3.05) is 5.32 Å². The van der Waals surface area contributed by atoms with Crippen molar-refractivity contribution in [3.8, 4) is 0 Å². The number of carbonyl (C=O) groups is 1. The Bertz CT molecular complexity index is 824. The zero-order valence-corrected chi connectivity index (χ0v) is 21.1. The fourth-order valence-electron chi connectivity index (χ4n) is 3.45. The Hall–Kier alpha value is -1.42. The van der Waals surface area contributed by atoms with Crippen LogP contribution in [0.2, 0.25) is 0 Å². The van der Waals surface area contributed by atoms with E-state index in [2.05, 4.69) is 108 Å². The van der Waals surface area contributed by atoms with E-state index in [0.717, 1.165) is 22.2 Å². The number of allylic oxidation sites excluding steroid dienone is 2. The third kappa shape index (κ3) is 6.04. The summed E-state index contributed by atoms with van der Waals surface area (Å²) in [4.78, 5) is 18.0. The van der Waals surface area contributed by atoms with Crippen molar-refractivity contribution in [2.24, 2.45) is 28.1 Å². The summed E-state index contributed by atoms with van der Waals surface area (Å²) in [5.74, 6) is 0.996. The van der Waals surface area contributed by atoms with Crippen molar-refractivity contribution in [1.29, 1.82) is 0 Å². The molecule has 1 amide bonds. The highest BCUT2D eigenvalue weighted by Crippen LogP contribution is 2.38. The van der Waals surface area contributed by atoms with E-state index in [-0.39, 0.29) is 28.1 Å². The Labute approximate surface area is 185 Å². The Kier molecular flexibility index (Phi) is 6.89. The molecule has 4 heteroatoms. The molecular weight excluding hydrogens is 424 g/mol. The number of nitrogens with zero attached hydrogens (tertiary/aromatic N) is 1. The number of fused-ring (bicyclic) bond motifs is 1. The monoisotopic (exact) mass is 460 g/mol. The fraction of sp³-hybridized carbons (Fsp3) is 0.600. The first-order valence-electron chi connectivity index (χ1n) is 10.5. The molecule has 2 unspecified atom stereocenters. The molecule has 0 aromatic carbocycles. The summed E-state index contributed by atoms with van der Waals surface area (Å²) in [5.41, 5.74) is 1.87. The van der Waals surface area contributed by atoms with E-state index >= 15 is 0 Å². The van der Waals surface area contributed by atoms with Gasteiger partial charge in [-0.25, -0.2) is 4.98 Å². The predicted molar refractivity (Wildman–Crippen MR) is 129 cm³/mol. The third-order valence-corrected chi connectivity index (χ3v) is 6.53. The Morgan fingerprint density at radius 2 is 1.72 bits per heavy atom. The molecule has 0 aliphatic heterocycles. The SMILES string of the molecule is CC(C)C1(C)C=Cc2cc(Br)c(NC(=O)C(CC(C)(C)C)C(C)(C)C)nc2C=C1. The van der Waals surface area contributed by atoms with Crippen molar-refractivity contribution >= 4 is 39.8 Å². The highest BCUT2D eigenvalue weighted by Gasteiger charge is 2.35. The predicted octanol–water partition coefficient (Wildman–Crippen LogP) is 7.58. The average Bonchev–Trinajstić information content (AvgIpc) is 2.72. The standard InChI is InChI=1S/C25H37BrN2O/c1-16(2)25(9)12-10-17-14-19(26)21(27-20(17)11-13-25)28-22(29)18(24(6,7)8)15-23(3,4)5/h10-14,16,18H,15H2,1-9H3,(H,27,28,29). The first-order chi connectivity index (χ1) is 13.1. The summed E-state index contributed by atoms with van der Waals surface area (Å²) >= 11 is 3.61. The van der Waals surface area contributed by atoms with Gasteiger partial charge in [-0.2, -0.15) is 0 Å². The van der Waals surface area contributed by atoms with E-state index in [1.165, 1.54) is 0 Å². The highest BCUT2D eigenvalue weighted by molar-refractivity contribution is 9.10. The first-order valence-corrected chi connectivity index (χ1v) is 11.3. The van der Waals surface area contributed by atoms with E-state index in [1.54, 1.807) is 0 Å². The molecule has 1 aliphatic carbocycles. The molecule has 0 fully saturated rings. The van der Waals surface area contributed by atoms with E-state index < -0.39 is 0 Å². The summed E-state index contributed by atoms with van der Waals surface area (Å²) in [5, 5.41) is 3.10. The van der Waals surface area contributed by atoms with Crippen LogP contribution in [0.4, 0.5) is 5.82 Å². The molecular formula is C25H37BrN2O. The second kappa shape index (κ2) is 8.37. The molecule has 160 valence electrons. The van der Waals surface area contributed by atoms with E-state index in [1.807, 2.05) is 6.07 Å². The number of hydrogen-bond acceptors (Lipinski definition) is 2. The van der Waals surface area contributed by atoms with Crippen LogP contribution in [0.15, 0.2) is 22.7 Å². The van der Waals surface area contributed by atoms with Crippen LogP contribution in [-0.2, 0) is 4.79 Å². The topological polar surface area (TPSA) is 42.0 Å². The Morgan fingerprint density at radius 3 is 2.24 bits per heavy atom. The van der Waals surface area contributed by atoms with Gasteiger partial charge in [-0.05, 0) is 51.2 Å². The smallest absolute Gasteiger partial charge is 0.229 e. The van der Waals surface area contributed by atoms with Crippen LogP contribution in [0.5, 0.6) is 0 Å². The first kappa shape index (κ1) is 23.9. The molecule has 0 bridgehead atoms. The van der Waals surface area contributed by atoms with E-state index in [4.69, 9.17) is 4.98 Å².